The van der Waals surface area contributed by atoms with E-state index in [4.69, 9.17) is 11.6 Å². The molecular weight excluding hydrogens is 420 g/mol. The number of halogens is 2. The van der Waals surface area contributed by atoms with Gasteiger partial charge in [-0.3, -0.25) is 9.80 Å². The number of carbonyl (C=O) groups excluding carboxylic acids is 2. The molecule has 1 aromatic heterocycles. The number of nitrogen functional groups attached to an aromatic ring is 1. The fourth-order valence-corrected chi connectivity index (χ4v) is 2.74. The molecule has 0 bridgehead atoms. The highest BCUT2D eigenvalue weighted by Gasteiger charge is 2.33. The second-order valence-electron chi connectivity index (χ2n) is 6.83. The standard InChI is InChI=1S/C14H16N4O2.C6H9F2NO.C2H6/c1-9-7-12(15)13(17-8-9)18(16)11-5-3-10(4-6-11)14(19)20-2;7-6(8)1-3-9(5-10)4-2-6;1-2/h3-8H,15-16H2,1-2H3;5H,1-4H2;1-2H3. The van der Waals surface area contributed by atoms with Gasteiger partial charge >= 0.3 is 5.97 Å². The number of hydrogen-bond donors (Lipinski definition) is 2. The Labute approximate surface area is 187 Å². The monoisotopic (exact) mass is 451 g/mol. The van der Waals surface area contributed by atoms with Crippen LogP contribution in [0.2, 0.25) is 0 Å². The number of hydrazine groups is 1. The van der Waals surface area contributed by atoms with Crippen LogP contribution in [-0.4, -0.2) is 48.4 Å². The van der Waals surface area contributed by atoms with Crippen LogP contribution in [0.3, 0.4) is 0 Å². The van der Waals surface area contributed by atoms with Crippen LogP contribution in [-0.2, 0) is 9.53 Å². The second kappa shape index (κ2) is 12.6. The molecule has 10 heteroatoms. The lowest BCUT2D eigenvalue weighted by Gasteiger charge is -2.28. The number of rotatable bonds is 4. The van der Waals surface area contributed by atoms with Crippen molar-refractivity contribution >= 4 is 29.6 Å². The molecule has 0 radical (unpaired) electrons. The first-order chi connectivity index (χ1) is 15.2. The van der Waals surface area contributed by atoms with E-state index in [1.54, 1.807) is 36.5 Å². The van der Waals surface area contributed by atoms with E-state index < -0.39 is 11.9 Å². The fraction of sp³-hybridized carbons (Fsp3) is 0.409. The fourth-order valence-electron chi connectivity index (χ4n) is 2.74. The molecule has 0 unspecified atom stereocenters. The van der Waals surface area contributed by atoms with Gasteiger partial charge in [0.15, 0.2) is 5.82 Å². The van der Waals surface area contributed by atoms with Crippen molar-refractivity contribution in [3.8, 4) is 0 Å². The van der Waals surface area contributed by atoms with E-state index in [0.29, 0.717) is 29.2 Å². The first-order valence-corrected chi connectivity index (χ1v) is 10.2. The number of pyridine rings is 1. The van der Waals surface area contributed by atoms with E-state index in [2.05, 4.69) is 9.72 Å². The van der Waals surface area contributed by atoms with Crippen molar-refractivity contribution < 1.29 is 23.1 Å². The first kappa shape index (κ1) is 26.8. The number of benzene rings is 1. The predicted molar refractivity (Wildman–Crippen MR) is 121 cm³/mol. The Balaban J connectivity index is 0.000000358. The molecular formula is C22H31F2N5O3. The number of likely N-dealkylation sites (tertiary alicyclic amines) is 1. The van der Waals surface area contributed by atoms with Crippen molar-refractivity contribution in [3.63, 3.8) is 0 Å². The molecule has 2 aromatic rings. The number of nitrogens with two attached hydrogens (primary N) is 2. The zero-order valence-corrected chi connectivity index (χ0v) is 18.8. The van der Waals surface area contributed by atoms with Gasteiger partial charge in [-0.25, -0.2) is 24.4 Å². The van der Waals surface area contributed by atoms with Crippen LogP contribution in [0.15, 0.2) is 36.5 Å². The van der Waals surface area contributed by atoms with E-state index in [-0.39, 0.29) is 25.9 Å². The van der Waals surface area contributed by atoms with Gasteiger partial charge in [0, 0.05) is 32.1 Å². The molecule has 0 aliphatic carbocycles. The van der Waals surface area contributed by atoms with Gasteiger partial charge in [0.1, 0.15) is 0 Å². The summed E-state index contributed by atoms with van der Waals surface area (Å²) in [5.74, 6) is 3.52. The Kier molecular flexibility index (Phi) is 10.5. The Bertz CT molecular complexity index is 868. The summed E-state index contributed by atoms with van der Waals surface area (Å²) < 4.78 is 29.4. The van der Waals surface area contributed by atoms with Crippen LogP contribution in [0.5, 0.6) is 0 Å². The van der Waals surface area contributed by atoms with Crippen LogP contribution in [0, 0.1) is 6.92 Å². The van der Waals surface area contributed by atoms with Crippen LogP contribution < -0.4 is 16.6 Å². The summed E-state index contributed by atoms with van der Waals surface area (Å²) in [6.45, 7) is 6.28. The van der Waals surface area contributed by atoms with Gasteiger partial charge in [0.05, 0.1) is 24.0 Å². The molecule has 0 atom stereocenters. The Morgan fingerprint density at radius 1 is 1.22 bits per heavy atom. The highest BCUT2D eigenvalue weighted by atomic mass is 19.3. The molecule has 1 saturated heterocycles. The molecule has 1 aromatic carbocycles. The van der Waals surface area contributed by atoms with Gasteiger partial charge < -0.3 is 15.4 Å². The van der Waals surface area contributed by atoms with E-state index in [1.165, 1.54) is 17.0 Å². The topological polar surface area (TPSA) is 115 Å². The number of esters is 1. The number of amides is 1. The number of aryl methyl sites for hydroxylation is 1. The lowest BCUT2D eigenvalue weighted by molar-refractivity contribution is -0.124. The van der Waals surface area contributed by atoms with Gasteiger partial charge in [-0.05, 0) is 42.8 Å². The van der Waals surface area contributed by atoms with Crippen LogP contribution in [0.4, 0.5) is 26.0 Å². The minimum Gasteiger partial charge on any atom is -0.465 e. The van der Waals surface area contributed by atoms with E-state index in [1.807, 2.05) is 20.8 Å². The van der Waals surface area contributed by atoms with E-state index >= 15 is 0 Å². The van der Waals surface area contributed by atoms with Crippen LogP contribution in [0.25, 0.3) is 0 Å². The Morgan fingerprint density at radius 3 is 2.25 bits per heavy atom. The first-order valence-electron chi connectivity index (χ1n) is 10.2. The van der Waals surface area contributed by atoms with Gasteiger partial charge in [-0.1, -0.05) is 13.8 Å². The number of carbonyl (C=O) groups is 2. The molecule has 4 N–H and O–H groups in total. The van der Waals surface area contributed by atoms with Crippen molar-refractivity contribution in [2.24, 2.45) is 5.84 Å². The van der Waals surface area contributed by atoms with Crippen molar-refractivity contribution in [2.75, 3.05) is 30.9 Å². The number of hydrogen-bond acceptors (Lipinski definition) is 7. The summed E-state index contributed by atoms with van der Waals surface area (Å²) in [5, 5.41) is 1.37. The average Bonchev–Trinajstić information content (AvgIpc) is 2.80. The lowest BCUT2D eigenvalue weighted by Crippen LogP contribution is -2.38. The Hall–Kier alpha value is -3.27. The molecule has 32 heavy (non-hydrogen) atoms. The summed E-state index contributed by atoms with van der Waals surface area (Å²) in [5.41, 5.74) is 8.47. The Morgan fingerprint density at radius 2 is 1.78 bits per heavy atom. The van der Waals surface area contributed by atoms with Gasteiger partial charge in [-0.2, -0.15) is 0 Å². The molecule has 1 amide bonds. The number of aromatic nitrogens is 1. The third-order valence-electron chi connectivity index (χ3n) is 4.51. The normalized spacial score (nSPS) is 14.2. The van der Waals surface area contributed by atoms with E-state index in [9.17, 15) is 18.4 Å². The largest absolute Gasteiger partial charge is 0.465 e. The highest BCUT2D eigenvalue weighted by Crippen LogP contribution is 2.27. The molecule has 1 aliphatic rings. The van der Waals surface area contributed by atoms with Crippen molar-refractivity contribution in [1.29, 1.82) is 0 Å². The van der Waals surface area contributed by atoms with Crippen LogP contribution >= 0.6 is 0 Å². The third-order valence-corrected chi connectivity index (χ3v) is 4.51. The summed E-state index contributed by atoms with van der Waals surface area (Å²) in [6, 6.07) is 8.46. The molecule has 1 aliphatic heterocycles. The zero-order valence-electron chi connectivity index (χ0n) is 18.8. The van der Waals surface area contributed by atoms with Crippen molar-refractivity contribution in [1.82, 2.24) is 9.88 Å². The van der Waals surface area contributed by atoms with Gasteiger partial charge in [0.2, 0.25) is 6.41 Å². The average molecular weight is 452 g/mol. The molecule has 2 heterocycles. The number of alkyl halides is 2. The number of methoxy groups -OCH3 is 1. The summed E-state index contributed by atoms with van der Waals surface area (Å²) >= 11 is 0. The minimum atomic E-state index is -2.54. The second-order valence-corrected chi connectivity index (χ2v) is 6.83. The van der Waals surface area contributed by atoms with Crippen molar-refractivity contribution in [2.45, 2.75) is 39.5 Å². The number of nitrogens with zero attached hydrogens (tertiary/aromatic N) is 3. The summed E-state index contributed by atoms with van der Waals surface area (Å²) in [7, 11) is 1.34. The van der Waals surface area contributed by atoms with Crippen LogP contribution in [0.1, 0.15) is 42.6 Å². The smallest absolute Gasteiger partial charge is 0.337 e. The molecule has 8 nitrogen and oxygen atoms in total. The van der Waals surface area contributed by atoms with E-state index in [0.717, 1.165) is 5.56 Å². The minimum absolute atomic E-state index is 0.189. The lowest BCUT2D eigenvalue weighted by atomic mass is 10.1. The maximum atomic E-state index is 12.4. The zero-order chi connectivity index (χ0) is 24.3. The molecule has 0 saturated carbocycles. The molecule has 1 fully saturated rings. The highest BCUT2D eigenvalue weighted by molar-refractivity contribution is 5.89. The maximum Gasteiger partial charge on any atom is 0.337 e. The molecule has 176 valence electrons. The third kappa shape index (κ3) is 7.77. The quantitative estimate of drug-likeness (QED) is 0.315. The summed E-state index contributed by atoms with van der Waals surface area (Å²) in [4.78, 5) is 27.0. The maximum absolute atomic E-state index is 12.4. The predicted octanol–water partition coefficient (Wildman–Crippen LogP) is 3.67. The van der Waals surface area contributed by atoms with Gasteiger partial charge in [0.25, 0.3) is 5.92 Å². The molecule has 0 spiro atoms. The SMILES string of the molecule is CC.COC(=O)c1ccc(N(N)c2ncc(C)cc2N)cc1.O=CN1CCC(F)(F)CC1. The number of piperidine rings is 1. The number of anilines is 3. The molecule has 3 rings (SSSR count). The van der Waals surface area contributed by atoms with Crippen molar-refractivity contribution in [3.05, 3.63) is 47.7 Å². The summed E-state index contributed by atoms with van der Waals surface area (Å²) in [6.07, 6.45) is 1.93. The number of ether oxygens (including phenoxy) is 1. The van der Waals surface area contributed by atoms with Gasteiger partial charge in [-0.15, -0.1) is 0 Å².